The van der Waals surface area contributed by atoms with Crippen molar-refractivity contribution < 1.29 is 27.5 Å². The molecule has 0 unspecified atom stereocenters. The average molecular weight is 311 g/mol. The van der Waals surface area contributed by atoms with Gasteiger partial charge in [0.25, 0.3) is 0 Å². The van der Waals surface area contributed by atoms with Crippen molar-refractivity contribution in [1.82, 2.24) is 4.98 Å². The second kappa shape index (κ2) is 5.08. The van der Waals surface area contributed by atoms with Gasteiger partial charge in [-0.3, -0.25) is 9.78 Å². The fraction of sp³-hybridized carbons (Fsp3) is 0.200. The Morgan fingerprint density at radius 3 is 2.23 bits per heavy atom. The van der Waals surface area contributed by atoms with Gasteiger partial charge >= 0.3 is 0 Å². The van der Waals surface area contributed by atoms with Crippen molar-refractivity contribution in [3.8, 4) is 17.0 Å². The first kappa shape index (κ1) is 14.5. The summed E-state index contributed by atoms with van der Waals surface area (Å²) in [6, 6.07) is 2.46. The van der Waals surface area contributed by atoms with Crippen LogP contribution in [-0.2, 0) is 6.42 Å². The standard InChI is InChI=1S/C15H9F4NO2/c16-11-10(12(17)14(19)15(22)13(11)18)8-5-4-6-7(20-8)2-1-3-9(6)21/h4-5,22H,1-3H2. The number of carbonyl (C=O) groups excluding carboxylic acids is 1. The fourth-order valence-corrected chi connectivity index (χ4v) is 2.48. The molecule has 2 aromatic rings. The maximum Gasteiger partial charge on any atom is 0.204 e. The number of hydrogen-bond acceptors (Lipinski definition) is 3. The average Bonchev–Trinajstić information content (AvgIpc) is 2.51. The number of carbonyl (C=O) groups is 1. The minimum Gasteiger partial charge on any atom is -0.503 e. The molecular formula is C15H9F4NO2. The number of ketones is 1. The molecule has 0 saturated heterocycles. The van der Waals surface area contributed by atoms with E-state index in [1.807, 2.05) is 0 Å². The van der Waals surface area contributed by atoms with Gasteiger partial charge in [-0.1, -0.05) is 0 Å². The van der Waals surface area contributed by atoms with Gasteiger partial charge in [-0.05, 0) is 25.0 Å². The number of rotatable bonds is 1. The summed E-state index contributed by atoms with van der Waals surface area (Å²) in [5, 5.41) is 8.97. The summed E-state index contributed by atoms with van der Waals surface area (Å²) in [5.74, 6) is -9.08. The third kappa shape index (κ3) is 2.04. The minimum absolute atomic E-state index is 0.135. The SMILES string of the molecule is O=C1CCCc2nc(-c3c(F)c(F)c(O)c(F)c3F)ccc21. The van der Waals surface area contributed by atoms with Gasteiger partial charge in [-0.15, -0.1) is 0 Å². The van der Waals surface area contributed by atoms with Crippen molar-refractivity contribution in [3.63, 3.8) is 0 Å². The molecule has 1 aliphatic rings. The van der Waals surface area contributed by atoms with E-state index in [2.05, 4.69) is 4.98 Å². The number of fused-ring (bicyclic) bond motifs is 1. The van der Waals surface area contributed by atoms with Crippen molar-refractivity contribution in [1.29, 1.82) is 0 Å². The van der Waals surface area contributed by atoms with E-state index >= 15 is 0 Å². The topological polar surface area (TPSA) is 50.2 Å². The van der Waals surface area contributed by atoms with Crippen LogP contribution >= 0.6 is 0 Å². The maximum absolute atomic E-state index is 13.8. The Labute approximate surface area is 122 Å². The second-order valence-electron chi connectivity index (χ2n) is 4.95. The number of phenols is 1. The minimum atomic E-state index is -1.88. The lowest BCUT2D eigenvalue weighted by Gasteiger charge is -2.15. The molecule has 0 spiro atoms. The molecule has 1 heterocycles. The van der Waals surface area contributed by atoms with Crippen LogP contribution in [0.3, 0.4) is 0 Å². The molecule has 0 fully saturated rings. The van der Waals surface area contributed by atoms with Gasteiger partial charge in [0.05, 0.1) is 17.0 Å². The number of halogens is 4. The summed E-state index contributed by atoms with van der Waals surface area (Å²) < 4.78 is 54.5. The molecule has 1 N–H and O–H groups in total. The molecule has 1 aromatic carbocycles. The van der Waals surface area contributed by atoms with Crippen LogP contribution in [0.5, 0.6) is 5.75 Å². The Morgan fingerprint density at radius 1 is 0.955 bits per heavy atom. The summed E-state index contributed by atoms with van der Waals surface area (Å²) in [6.45, 7) is 0. The first-order chi connectivity index (χ1) is 10.4. The lowest BCUT2D eigenvalue weighted by molar-refractivity contribution is 0.0971. The first-order valence-corrected chi connectivity index (χ1v) is 6.50. The molecule has 0 atom stereocenters. The summed E-state index contributed by atoms with van der Waals surface area (Å²) in [4.78, 5) is 15.6. The molecule has 22 heavy (non-hydrogen) atoms. The summed E-state index contributed by atoms with van der Waals surface area (Å²) in [5.41, 5.74) is -0.660. The molecule has 1 aliphatic carbocycles. The quantitative estimate of drug-likeness (QED) is 0.647. The smallest absolute Gasteiger partial charge is 0.204 e. The molecule has 1 aromatic heterocycles. The fourth-order valence-electron chi connectivity index (χ4n) is 2.48. The van der Waals surface area contributed by atoms with Crippen LogP contribution in [-0.4, -0.2) is 15.9 Å². The zero-order valence-corrected chi connectivity index (χ0v) is 11.1. The normalized spacial score (nSPS) is 14.1. The Balaban J connectivity index is 2.23. The highest BCUT2D eigenvalue weighted by Crippen LogP contribution is 2.35. The predicted molar refractivity (Wildman–Crippen MR) is 68.4 cm³/mol. The number of hydrogen-bond donors (Lipinski definition) is 1. The lowest BCUT2D eigenvalue weighted by atomic mass is 9.94. The van der Waals surface area contributed by atoms with Crippen LogP contribution in [0.2, 0.25) is 0 Å². The Bertz CT molecular complexity index is 776. The molecular weight excluding hydrogens is 302 g/mol. The highest BCUT2D eigenvalue weighted by Gasteiger charge is 2.28. The van der Waals surface area contributed by atoms with Gasteiger partial charge in [0.1, 0.15) is 0 Å². The zero-order valence-electron chi connectivity index (χ0n) is 11.1. The van der Waals surface area contributed by atoms with E-state index < -0.39 is 34.6 Å². The van der Waals surface area contributed by atoms with Crippen LogP contribution in [0, 0.1) is 23.3 Å². The number of nitrogens with zero attached hydrogens (tertiary/aromatic N) is 1. The summed E-state index contributed by atoms with van der Waals surface area (Å²) in [7, 11) is 0. The third-order valence-corrected chi connectivity index (χ3v) is 3.59. The van der Waals surface area contributed by atoms with Crippen LogP contribution in [0.4, 0.5) is 17.6 Å². The number of benzene rings is 1. The second-order valence-corrected chi connectivity index (χ2v) is 4.95. The Hall–Kier alpha value is -2.44. The van der Waals surface area contributed by atoms with Crippen molar-refractivity contribution >= 4 is 5.78 Å². The van der Waals surface area contributed by atoms with Gasteiger partial charge in [-0.2, -0.15) is 8.78 Å². The highest BCUT2D eigenvalue weighted by atomic mass is 19.2. The lowest BCUT2D eigenvalue weighted by Crippen LogP contribution is -2.13. The van der Waals surface area contributed by atoms with E-state index in [1.165, 1.54) is 6.07 Å². The highest BCUT2D eigenvalue weighted by molar-refractivity contribution is 5.98. The molecule has 0 aliphatic heterocycles. The van der Waals surface area contributed by atoms with E-state index in [-0.39, 0.29) is 11.5 Å². The molecule has 7 heteroatoms. The van der Waals surface area contributed by atoms with E-state index in [9.17, 15) is 22.4 Å². The predicted octanol–water partition coefficient (Wildman–Crippen LogP) is 3.53. The molecule has 0 saturated carbocycles. The molecule has 3 nitrogen and oxygen atoms in total. The van der Waals surface area contributed by atoms with Crippen molar-refractivity contribution in [3.05, 3.63) is 46.7 Å². The number of Topliss-reactive ketones (excluding diaryl/α,β-unsaturated/α-hetero) is 1. The number of aromatic nitrogens is 1. The number of pyridine rings is 1. The van der Waals surface area contributed by atoms with Crippen LogP contribution < -0.4 is 0 Å². The van der Waals surface area contributed by atoms with Gasteiger partial charge in [0.2, 0.25) is 11.6 Å². The number of phenolic OH excluding ortho intramolecular Hbond substituents is 1. The third-order valence-electron chi connectivity index (χ3n) is 3.59. The molecule has 114 valence electrons. The number of aromatic hydroxyl groups is 1. The summed E-state index contributed by atoms with van der Waals surface area (Å²) >= 11 is 0. The van der Waals surface area contributed by atoms with Crippen molar-refractivity contribution in [2.45, 2.75) is 19.3 Å². The maximum atomic E-state index is 13.8. The Morgan fingerprint density at radius 2 is 1.59 bits per heavy atom. The van der Waals surface area contributed by atoms with Gasteiger partial charge in [0, 0.05) is 12.0 Å². The molecule has 0 bridgehead atoms. The van der Waals surface area contributed by atoms with E-state index in [1.54, 1.807) is 0 Å². The van der Waals surface area contributed by atoms with Crippen LogP contribution in [0.1, 0.15) is 28.9 Å². The van der Waals surface area contributed by atoms with Crippen molar-refractivity contribution in [2.75, 3.05) is 0 Å². The van der Waals surface area contributed by atoms with Crippen molar-refractivity contribution in [2.24, 2.45) is 0 Å². The molecule has 0 radical (unpaired) electrons. The zero-order chi connectivity index (χ0) is 16.0. The van der Waals surface area contributed by atoms with Crippen LogP contribution in [0.15, 0.2) is 12.1 Å². The van der Waals surface area contributed by atoms with E-state index in [0.717, 1.165) is 6.07 Å². The number of aryl methyl sites for hydroxylation is 1. The van der Waals surface area contributed by atoms with E-state index in [4.69, 9.17) is 5.11 Å². The largest absolute Gasteiger partial charge is 0.503 e. The first-order valence-electron chi connectivity index (χ1n) is 6.50. The van der Waals surface area contributed by atoms with E-state index in [0.29, 0.717) is 30.5 Å². The monoisotopic (exact) mass is 311 g/mol. The Kier molecular flexibility index (Phi) is 3.35. The molecule has 0 amide bonds. The van der Waals surface area contributed by atoms with Gasteiger partial charge in [0.15, 0.2) is 23.2 Å². The summed E-state index contributed by atoms with van der Waals surface area (Å²) in [6.07, 6.45) is 1.34. The molecule has 3 rings (SSSR count). The van der Waals surface area contributed by atoms with Gasteiger partial charge < -0.3 is 5.11 Å². The van der Waals surface area contributed by atoms with Crippen LogP contribution in [0.25, 0.3) is 11.3 Å². The van der Waals surface area contributed by atoms with Gasteiger partial charge in [-0.25, -0.2) is 8.78 Å².